The van der Waals surface area contributed by atoms with Crippen LogP contribution >= 0.6 is 23.1 Å². The fraction of sp³-hybridized carbons (Fsp3) is 0.316. The molecule has 128 valence electrons. The van der Waals surface area contributed by atoms with Gasteiger partial charge in [0.1, 0.15) is 16.2 Å². The Kier molecular flexibility index (Phi) is 4.48. The summed E-state index contributed by atoms with van der Waals surface area (Å²) in [6, 6.07) is 10.3. The van der Waals surface area contributed by atoms with Gasteiger partial charge < -0.3 is 4.90 Å². The summed E-state index contributed by atoms with van der Waals surface area (Å²) in [4.78, 5) is 26.0. The van der Waals surface area contributed by atoms with E-state index in [-0.39, 0.29) is 11.2 Å². The van der Waals surface area contributed by atoms with Crippen LogP contribution < -0.4 is 4.90 Å². The Hall–Kier alpha value is -1.92. The number of carbonyl (C=O) groups excluding carboxylic acids is 1. The second-order valence-corrected chi connectivity index (χ2v) is 8.54. The molecule has 0 fully saturated rings. The largest absolute Gasteiger partial charge is 0.311 e. The average molecular weight is 370 g/mol. The van der Waals surface area contributed by atoms with Crippen molar-refractivity contribution in [3.8, 4) is 0 Å². The molecule has 1 aromatic carbocycles. The van der Waals surface area contributed by atoms with Crippen LogP contribution in [0.4, 0.5) is 5.69 Å². The van der Waals surface area contributed by atoms with E-state index in [0.29, 0.717) is 0 Å². The predicted molar refractivity (Wildman–Crippen MR) is 105 cm³/mol. The lowest BCUT2D eigenvalue weighted by atomic mass is 10.2. The SMILES string of the molecule is CCc1cc2c(S[C@@H](C)C(=O)N3CCc4ccccc43)ncnc2s1. The third-order valence-electron chi connectivity index (χ3n) is 4.48. The quantitative estimate of drug-likeness (QED) is 0.507. The van der Waals surface area contributed by atoms with Crippen LogP contribution in [0.15, 0.2) is 41.7 Å². The number of nitrogens with zero attached hydrogens (tertiary/aromatic N) is 3. The number of hydrogen-bond acceptors (Lipinski definition) is 5. The van der Waals surface area contributed by atoms with E-state index in [2.05, 4.69) is 29.0 Å². The molecule has 1 aliphatic heterocycles. The maximum Gasteiger partial charge on any atom is 0.240 e. The van der Waals surface area contributed by atoms with Crippen molar-refractivity contribution in [2.75, 3.05) is 11.4 Å². The van der Waals surface area contributed by atoms with Crippen molar-refractivity contribution in [1.82, 2.24) is 9.97 Å². The molecule has 1 aliphatic rings. The number of aromatic nitrogens is 2. The molecule has 25 heavy (non-hydrogen) atoms. The van der Waals surface area contributed by atoms with Crippen LogP contribution in [0.1, 0.15) is 24.3 Å². The minimum Gasteiger partial charge on any atom is -0.311 e. The summed E-state index contributed by atoms with van der Waals surface area (Å²) in [6.07, 6.45) is 3.52. The summed E-state index contributed by atoms with van der Waals surface area (Å²) in [6.45, 7) is 4.87. The maximum absolute atomic E-state index is 13.0. The third-order valence-corrected chi connectivity index (χ3v) is 6.77. The molecule has 3 aromatic rings. The van der Waals surface area contributed by atoms with E-state index in [1.807, 2.05) is 30.0 Å². The zero-order valence-electron chi connectivity index (χ0n) is 14.2. The van der Waals surface area contributed by atoms with Crippen molar-refractivity contribution < 1.29 is 4.79 Å². The number of hydrogen-bond donors (Lipinski definition) is 0. The van der Waals surface area contributed by atoms with Gasteiger partial charge in [0.25, 0.3) is 0 Å². The Morgan fingerprint density at radius 2 is 2.20 bits per heavy atom. The maximum atomic E-state index is 13.0. The van der Waals surface area contributed by atoms with E-state index >= 15 is 0 Å². The Labute approximate surface area is 155 Å². The van der Waals surface area contributed by atoms with Crippen LogP contribution in [0.3, 0.4) is 0 Å². The summed E-state index contributed by atoms with van der Waals surface area (Å²) in [5.41, 5.74) is 2.31. The molecule has 0 radical (unpaired) electrons. The van der Waals surface area contributed by atoms with Gasteiger partial charge >= 0.3 is 0 Å². The molecule has 0 N–H and O–H groups in total. The van der Waals surface area contributed by atoms with Gasteiger partial charge in [-0.2, -0.15) is 0 Å². The fourth-order valence-corrected chi connectivity index (χ4v) is 5.11. The van der Waals surface area contributed by atoms with Crippen molar-refractivity contribution in [2.24, 2.45) is 0 Å². The molecule has 0 aliphatic carbocycles. The highest BCUT2D eigenvalue weighted by Crippen LogP contribution is 2.35. The summed E-state index contributed by atoms with van der Waals surface area (Å²) in [5.74, 6) is 0.146. The molecular weight excluding hydrogens is 350 g/mol. The van der Waals surface area contributed by atoms with Crippen molar-refractivity contribution in [3.05, 3.63) is 47.1 Å². The highest BCUT2D eigenvalue weighted by Gasteiger charge is 2.28. The number of thiophene rings is 1. The molecule has 2 aromatic heterocycles. The standard InChI is InChI=1S/C19H19N3OS2/c1-3-14-10-15-17(20-11-21-18(15)25-14)24-12(2)19(23)22-9-8-13-6-4-5-7-16(13)22/h4-7,10-12H,3,8-9H2,1-2H3/t12-/m0/s1. The molecular formula is C19H19N3OS2. The molecule has 1 atom stereocenters. The van der Waals surface area contributed by atoms with Crippen molar-refractivity contribution >= 4 is 44.9 Å². The molecule has 0 saturated heterocycles. The Morgan fingerprint density at radius 3 is 3.04 bits per heavy atom. The first-order valence-corrected chi connectivity index (χ1v) is 10.2. The van der Waals surface area contributed by atoms with E-state index in [1.54, 1.807) is 17.7 Å². The van der Waals surface area contributed by atoms with Gasteiger partial charge in [-0.15, -0.1) is 11.3 Å². The van der Waals surface area contributed by atoms with Crippen LogP contribution in [-0.2, 0) is 17.6 Å². The lowest BCUT2D eigenvalue weighted by Gasteiger charge is -2.21. The van der Waals surface area contributed by atoms with Gasteiger partial charge in [-0.25, -0.2) is 9.97 Å². The lowest BCUT2D eigenvalue weighted by Crippen LogP contribution is -2.35. The van der Waals surface area contributed by atoms with Gasteiger partial charge in [-0.3, -0.25) is 4.79 Å². The molecule has 0 saturated carbocycles. The van der Waals surface area contributed by atoms with Crippen molar-refractivity contribution in [3.63, 3.8) is 0 Å². The van der Waals surface area contributed by atoms with E-state index in [0.717, 1.165) is 40.3 Å². The molecule has 1 amide bonds. The Bertz CT molecular complexity index is 937. The van der Waals surface area contributed by atoms with Crippen LogP contribution in [0.25, 0.3) is 10.2 Å². The smallest absolute Gasteiger partial charge is 0.240 e. The molecule has 3 heterocycles. The Balaban J connectivity index is 1.57. The number of carbonyl (C=O) groups is 1. The van der Waals surface area contributed by atoms with Gasteiger partial charge in [-0.1, -0.05) is 36.9 Å². The van der Waals surface area contributed by atoms with Crippen molar-refractivity contribution in [2.45, 2.75) is 37.0 Å². The first kappa shape index (κ1) is 16.5. The van der Waals surface area contributed by atoms with E-state index in [1.165, 1.54) is 22.2 Å². The van der Waals surface area contributed by atoms with Gasteiger partial charge in [0.2, 0.25) is 5.91 Å². The topological polar surface area (TPSA) is 46.1 Å². The monoisotopic (exact) mass is 369 g/mol. The molecule has 0 bridgehead atoms. The summed E-state index contributed by atoms with van der Waals surface area (Å²) >= 11 is 3.23. The summed E-state index contributed by atoms with van der Waals surface area (Å²) in [5, 5.41) is 1.78. The highest BCUT2D eigenvalue weighted by molar-refractivity contribution is 8.00. The normalized spacial score (nSPS) is 14.7. The zero-order chi connectivity index (χ0) is 17.4. The minimum atomic E-state index is -0.186. The Morgan fingerprint density at radius 1 is 1.36 bits per heavy atom. The number of benzene rings is 1. The molecule has 0 spiro atoms. The number of thioether (sulfide) groups is 1. The molecule has 4 nitrogen and oxygen atoms in total. The molecule has 6 heteroatoms. The van der Waals surface area contributed by atoms with Gasteiger partial charge in [0, 0.05) is 22.5 Å². The predicted octanol–water partition coefficient (Wildman–Crippen LogP) is 4.32. The average Bonchev–Trinajstić information content (AvgIpc) is 3.25. The van der Waals surface area contributed by atoms with Crippen LogP contribution in [-0.4, -0.2) is 27.7 Å². The first-order valence-electron chi connectivity index (χ1n) is 8.46. The molecule has 4 rings (SSSR count). The number of para-hydroxylation sites is 1. The summed E-state index contributed by atoms with van der Waals surface area (Å²) in [7, 11) is 0. The highest BCUT2D eigenvalue weighted by atomic mass is 32.2. The number of anilines is 1. The van der Waals surface area contributed by atoms with Crippen LogP contribution in [0.2, 0.25) is 0 Å². The first-order chi connectivity index (χ1) is 12.2. The summed E-state index contributed by atoms with van der Waals surface area (Å²) < 4.78 is 0. The second kappa shape index (κ2) is 6.77. The number of aryl methyl sites for hydroxylation is 1. The lowest BCUT2D eigenvalue weighted by molar-refractivity contribution is -0.117. The zero-order valence-corrected chi connectivity index (χ0v) is 15.9. The fourth-order valence-electron chi connectivity index (χ4n) is 3.16. The van der Waals surface area contributed by atoms with Crippen LogP contribution in [0.5, 0.6) is 0 Å². The number of fused-ring (bicyclic) bond motifs is 2. The van der Waals surface area contributed by atoms with Crippen molar-refractivity contribution in [1.29, 1.82) is 0 Å². The second-order valence-electron chi connectivity index (χ2n) is 6.09. The van der Waals surface area contributed by atoms with Gasteiger partial charge in [0.15, 0.2) is 0 Å². The van der Waals surface area contributed by atoms with Gasteiger partial charge in [0.05, 0.1) is 5.25 Å². The molecule has 0 unspecified atom stereocenters. The number of rotatable bonds is 4. The minimum absolute atomic E-state index is 0.146. The van der Waals surface area contributed by atoms with E-state index in [9.17, 15) is 4.79 Å². The van der Waals surface area contributed by atoms with E-state index in [4.69, 9.17) is 0 Å². The number of amides is 1. The van der Waals surface area contributed by atoms with E-state index < -0.39 is 0 Å². The van der Waals surface area contributed by atoms with Gasteiger partial charge in [-0.05, 0) is 37.5 Å². The third kappa shape index (κ3) is 3.04. The van der Waals surface area contributed by atoms with Crippen LogP contribution in [0, 0.1) is 0 Å².